The summed E-state index contributed by atoms with van der Waals surface area (Å²) in [5.74, 6) is -0.422. The molecule has 0 spiro atoms. The number of hydroxylamine groups is 1. The van der Waals surface area contributed by atoms with E-state index >= 15 is 0 Å². The first-order valence-electron chi connectivity index (χ1n) is 7.98. The summed E-state index contributed by atoms with van der Waals surface area (Å²) < 4.78 is 5.71. The maximum Gasteiger partial charge on any atom is 0.263 e. The number of rotatable bonds is 7. The van der Waals surface area contributed by atoms with Gasteiger partial charge in [-0.15, -0.1) is 0 Å². The number of hydrogen-bond acceptors (Lipinski definition) is 4. The Labute approximate surface area is 146 Å². The zero-order valence-electron chi connectivity index (χ0n) is 14.2. The quantitative estimate of drug-likeness (QED) is 0.409. The van der Waals surface area contributed by atoms with Gasteiger partial charge in [-0.3, -0.25) is 14.8 Å². The number of para-hydroxylation sites is 1. The molecule has 132 valence electrons. The SMILES string of the molecule is CC(C)CC(C(N)=O)(C(=O)NO)c1ccc(Oc2ccccc2)cc1. The highest BCUT2D eigenvalue weighted by molar-refractivity contribution is 6.09. The van der Waals surface area contributed by atoms with Gasteiger partial charge in [0.1, 0.15) is 11.5 Å². The number of carbonyl (C=O) groups is 2. The topological polar surface area (TPSA) is 102 Å². The van der Waals surface area contributed by atoms with E-state index in [-0.39, 0.29) is 12.3 Å². The Hall–Kier alpha value is -2.86. The summed E-state index contributed by atoms with van der Waals surface area (Å²) in [6, 6.07) is 15.8. The Morgan fingerprint density at radius 2 is 1.64 bits per heavy atom. The van der Waals surface area contributed by atoms with E-state index in [4.69, 9.17) is 15.7 Å². The normalized spacial score (nSPS) is 13.1. The third kappa shape index (κ3) is 3.97. The van der Waals surface area contributed by atoms with Crippen molar-refractivity contribution in [2.75, 3.05) is 0 Å². The van der Waals surface area contributed by atoms with Gasteiger partial charge in [-0.25, -0.2) is 5.48 Å². The summed E-state index contributed by atoms with van der Waals surface area (Å²) in [6.07, 6.45) is 0.174. The van der Waals surface area contributed by atoms with E-state index in [0.29, 0.717) is 17.1 Å². The van der Waals surface area contributed by atoms with Crippen LogP contribution in [-0.2, 0) is 15.0 Å². The molecule has 0 radical (unpaired) electrons. The smallest absolute Gasteiger partial charge is 0.263 e. The number of nitrogens with one attached hydrogen (secondary N) is 1. The van der Waals surface area contributed by atoms with Crippen LogP contribution >= 0.6 is 0 Å². The number of nitrogens with two attached hydrogens (primary N) is 1. The first-order chi connectivity index (χ1) is 11.9. The molecule has 0 aromatic heterocycles. The van der Waals surface area contributed by atoms with Crippen molar-refractivity contribution in [2.45, 2.75) is 25.7 Å². The zero-order chi connectivity index (χ0) is 18.4. The van der Waals surface area contributed by atoms with Crippen molar-refractivity contribution >= 4 is 11.8 Å². The lowest BCUT2D eigenvalue weighted by molar-refractivity contribution is -0.142. The molecule has 0 aliphatic rings. The number of amides is 2. The molecule has 4 N–H and O–H groups in total. The van der Waals surface area contributed by atoms with Crippen LogP contribution in [0.2, 0.25) is 0 Å². The van der Waals surface area contributed by atoms with E-state index in [9.17, 15) is 9.59 Å². The summed E-state index contributed by atoms with van der Waals surface area (Å²) >= 11 is 0. The van der Waals surface area contributed by atoms with Crippen LogP contribution in [0.5, 0.6) is 11.5 Å². The van der Waals surface area contributed by atoms with Gasteiger partial charge in [0.25, 0.3) is 5.91 Å². The maximum atomic E-state index is 12.3. The summed E-state index contributed by atoms with van der Waals surface area (Å²) in [5.41, 5.74) is 5.88. The average Bonchev–Trinajstić information content (AvgIpc) is 2.60. The Morgan fingerprint density at radius 1 is 1.08 bits per heavy atom. The first-order valence-corrected chi connectivity index (χ1v) is 7.98. The number of hydrogen-bond donors (Lipinski definition) is 3. The molecule has 2 amide bonds. The monoisotopic (exact) mass is 342 g/mol. The van der Waals surface area contributed by atoms with E-state index in [1.165, 1.54) is 0 Å². The second-order valence-corrected chi connectivity index (χ2v) is 6.25. The molecule has 0 saturated heterocycles. The van der Waals surface area contributed by atoms with Gasteiger partial charge < -0.3 is 10.5 Å². The second kappa shape index (κ2) is 7.81. The zero-order valence-corrected chi connectivity index (χ0v) is 14.2. The fourth-order valence-electron chi connectivity index (χ4n) is 2.84. The van der Waals surface area contributed by atoms with E-state index in [1.807, 2.05) is 44.2 Å². The molecule has 25 heavy (non-hydrogen) atoms. The van der Waals surface area contributed by atoms with Crippen LogP contribution < -0.4 is 16.0 Å². The van der Waals surface area contributed by atoms with E-state index < -0.39 is 17.2 Å². The van der Waals surface area contributed by atoms with Crippen molar-refractivity contribution in [1.29, 1.82) is 0 Å². The number of benzene rings is 2. The Kier molecular flexibility index (Phi) is 5.77. The molecule has 0 bridgehead atoms. The Morgan fingerprint density at radius 3 is 2.12 bits per heavy atom. The molecule has 0 saturated carbocycles. The van der Waals surface area contributed by atoms with Crippen molar-refractivity contribution in [1.82, 2.24) is 5.48 Å². The molecule has 0 aliphatic heterocycles. The lowest BCUT2D eigenvalue weighted by Crippen LogP contribution is -2.53. The van der Waals surface area contributed by atoms with Gasteiger partial charge in [-0.1, -0.05) is 44.2 Å². The summed E-state index contributed by atoms with van der Waals surface area (Å²) in [4.78, 5) is 24.4. The molecule has 0 fully saturated rings. The second-order valence-electron chi connectivity index (χ2n) is 6.25. The summed E-state index contributed by atoms with van der Waals surface area (Å²) in [5, 5.41) is 9.11. The van der Waals surface area contributed by atoms with Crippen molar-refractivity contribution in [3.8, 4) is 11.5 Å². The van der Waals surface area contributed by atoms with Crippen LogP contribution in [0.4, 0.5) is 0 Å². The fraction of sp³-hybridized carbons (Fsp3) is 0.263. The van der Waals surface area contributed by atoms with Crippen LogP contribution in [0.25, 0.3) is 0 Å². The summed E-state index contributed by atoms with van der Waals surface area (Å²) in [7, 11) is 0. The van der Waals surface area contributed by atoms with Crippen LogP contribution in [0.15, 0.2) is 54.6 Å². The van der Waals surface area contributed by atoms with Crippen LogP contribution in [0.1, 0.15) is 25.8 Å². The maximum absolute atomic E-state index is 12.3. The van der Waals surface area contributed by atoms with E-state index in [1.54, 1.807) is 29.7 Å². The predicted molar refractivity (Wildman–Crippen MR) is 93.2 cm³/mol. The van der Waals surface area contributed by atoms with Crippen molar-refractivity contribution < 1.29 is 19.5 Å². The van der Waals surface area contributed by atoms with Gasteiger partial charge in [0, 0.05) is 0 Å². The Balaban J connectivity index is 2.37. The number of ether oxygens (including phenoxy) is 1. The molecule has 6 heteroatoms. The van der Waals surface area contributed by atoms with E-state index in [2.05, 4.69) is 0 Å². The minimum Gasteiger partial charge on any atom is -0.457 e. The molecule has 1 unspecified atom stereocenters. The van der Waals surface area contributed by atoms with E-state index in [0.717, 1.165) is 0 Å². The molecule has 1 atom stereocenters. The van der Waals surface area contributed by atoms with Crippen molar-refractivity contribution in [2.24, 2.45) is 11.7 Å². The van der Waals surface area contributed by atoms with Crippen molar-refractivity contribution in [3.05, 3.63) is 60.2 Å². The highest BCUT2D eigenvalue weighted by Crippen LogP contribution is 2.33. The van der Waals surface area contributed by atoms with Crippen LogP contribution in [-0.4, -0.2) is 17.0 Å². The van der Waals surface area contributed by atoms with Crippen LogP contribution in [0.3, 0.4) is 0 Å². The van der Waals surface area contributed by atoms with Crippen molar-refractivity contribution in [3.63, 3.8) is 0 Å². The third-order valence-corrected chi connectivity index (χ3v) is 3.95. The van der Waals surface area contributed by atoms with Gasteiger partial charge >= 0.3 is 0 Å². The third-order valence-electron chi connectivity index (χ3n) is 3.95. The average molecular weight is 342 g/mol. The lowest BCUT2D eigenvalue weighted by Gasteiger charge is -2.30. The minimum atomic E-state index is -1.64. The summed E-state index contributed by atoms with van der Waals surface area (Å²) in [6.45, 7) is 3.74. The molecule has 0 aliphatic carbocycles. The number of primary amides is 1. The molecular weight excluding hydrogens is 320 g/mol. The first kappa shape index (κ1) is 18.5. The van der Waals surface area contributed by atoms with Gasteiger partial charge in [-0.05, 0) is 42.2 Å². The van der Waals surface area contributed by atoms with Gasteiger partial charge in [0.15, 0.2) is 5.41 Å². The standard InChI is InChI=1S/C19H22N2O4/c1-13(2)12-19(17(20)22,18(23)21-24)14-8-10-16(11-9-14)25-15-6-4-3-5-7-15/h3-11,13,24H,12H2,1-2H3,(H2,20,22)(H,21,23). The highest BCUT2D eigenvalue weighted by atomic mass is 16.5. The minimum absolute atomic E-state index is 0.00467. The van der Waals surface area contributed by atoms with Crippen LogP contribution in [0, 0.1) is 5.92 Å². The molecule has 2 aromatic carbocycles. The fourth-order valence-corrected chi connectivity index (χ4v) is 2.84. The highest BCUT2D eigenvalue weighted by Gasteiger charge is 2.46. The van der Waals surface area contributed by atoms with Gasteiger partial charge in [0.2, 0.25) is 5.91 Å². The largest absolute Gasteiger partial charge is 0.457 e. The molecule has 6 nitrogen and oxygen atoms in total. The molecule has 2 aromatic rings. The number of carbonyl (C=O) groups excluding carboxylic acids is 2. The molecular formula is C19H22N2O4. The van der Waals surface area contributed by atoms with Gasteiger partial charge in [0.05, 0.1) is 0 Å². The molecule has 0 heterocycles. The molecule has 2 rings (SSSR count). The predicted octanol–water partition coefficient (Wildman–Crippen LogP) is 2.75. The Bertz CT molecular complexity index is 729. The lowest BCUT2D eigenvalue weighted by atomic mass is 9.73. The van der Waals surface area contributed by atoms with Gasteiger partial charge in [-0.2, -0.15) is 0 Å².